The van der Waals surface area contributed by atoms with E-state index in [-0.39, 0.29) is 0 Å². The molecule has 0 saturated heterocycles. The summed E-state index contributed by atoms with van der Waals surface area (Å²) in [4.78, 5) is 0. The van der Waals surface area contributed by atoms with Gasteiger partial charge in [0.2, 0.25) is 0 Å². The van der Waals surface area contributed by atoms with Crippen molar-refractivity contribution in [2.24, 2.45) is 0 Å². The van der Waals surface area contributed by atoms with Crippen LogP contribution in [0, 0.1) is 41.5 Å². The van der Waals surface area contributed by atoms with E-state index in [4.69, 9.17) is 0 Å². The Kier molecular flexibility index (Phi) is 38.5. The van der Waals surface area contributed by atoms with Crippen molar-refractivity contribution in [1.82, 2.24) is 0 Å². The minimum absolute atomic E-state index is 0.478. The maximum atomic E-state index is 2.40. The fraction of sp³-hybridized carbons (Fsp3) is 0.300. The fourth-order valence-corrected chi connectivity index (χ4v) is 21.7. The molecule has 0 aliphatic rings. The van der Waals surface area contributed by atoms with Crippen molar-refractivity contribution in [3.63, 3.8) is 0 Å². The zero-order valence-corrected chi connectivity index (χ0v) is 76.1. The molecule has 18 rings (SSSR count). The Balaban J connectivity index is 0.000000288. The van der Waals surface area contributed by atoms with Crippen LogP contribution in [0.4, 0.5) is 0 Å². The summed E-state index contributed by atoms with van der Waals surface area (Å²) in [6.45, 7) is 61.4. The van der Waals surface area contributed by atoms with Crippen LogP contribution in [0.25, 0.3) is 157 Å². The van der Waals surface area contributed by atoms with E-state index in [1.54, 1.807) is 8.52 Å². The van der Waals surface area contributed by atoms with Crippen LogP contribution in [0.3, 0.4) is 0 Å². The molecule has 0 fully saturated rings. The van der Waals surface area contributed by atoms with Gasteiger partial charge in [-0.15, -0.1) is 0 Å². The Bertz CT molecular complexity index is 5100. The number of aryl methyl sites for hydroxylation is 6. The summed E-state index contributed by atoms with van der Waals surface area (Å²) in [6, 6.07) is 78.8. The van der Waals surface area contributed by atoms with Crippen molar-refractivity contribution in [3.8, 4) is 0 Å². The van der Waals surface area contributed by atoms with Crippen molar-refractivity contribution in [3.05, 3.63) is 235 Å². The first kappa shape index (κ1) is 89.4. The molecular weight excluding hydrogens is 1520 g/mol. The SMILES string of the molecule is CC.CC.CC.CC.CC.CC.CC.CC.CC.CC.CC.CC.Cc1cc2c(ccc3c2ccc2c4ccc5[se]c(C)cc5c4ccc32)[se]1.Cc1cc2ccc3c4ccc5c(ccc6cc(C)[se]c65)c4ccc3c2[se]1.Cc1ccc2c(ccc3c2ccc2c4ccc5cc(C)ccc5c4ccc32)c1. The van der Waals surface area contributed by atoms with Crippen LogP contribution in [0.15, 0.2) is 206 Å². The molecule has 0 aliphatic heterocycles. The smallest absolute Gasteiger partial charge is 0.00987 e. The number of hydrogen-bond acceptors (Lipinski definition) is 0. The molecule has 0 bridgehead atoms. The summed E-state index contributed by atoms with van der Waals surface area (Å²) < 4.78 is 12.3. The van der Waals surface area contributed by atoms with Gasteiger partial charge >= 0.3 is 328 Å². The molecule has 0 N–H and O–H groups in total. The van der Waals surface area contributed by atoms with Gasteiger partial charge in [0.1, 0.15) is 0 Å². The van der Waals surface area contributed by atoms with Crippen LogP contribution in [0.1, 0.15) is 195 Å². The van der Waals surface area contributed by atoms with Gasteiger partial charge in [0.25, 0.3) is 0 Å². The first-order valence-electron chi connectivity index (χ1n) is 39.6. The van der Waals surface area contributed by atoms with Crippen molar-refractivity contribution < 1.29 is 0 Å². The van der Waals surface area contributed by atoms with Gasteiger partial charge in [0.05, 0.1) is 0 Å². The molecule has 0 unspecified atom stereocenters. The minimum Gasteiger partial charge on any atom is -0.0587 e. The van der Waals surface area contributed by atoms with Crippen molar-refractivity contribution in [2.45, 2.75) is 208 Å². The van der Waals surface area contributed by atoms with E-state index in [1.807, 2.05) is 166 Å². The summed E-state index contributed by atoms with van der Waals surface area (Å²) in [5.74, 6) is 0. The Morgan fingerprint density at radius 1 is 0.144 bits per heavy atom. The van der Waals surface area contributed by atoms with E-state index >= 15 is 0 Å². The molecule has 4 aromatic heterocycles. The van der Waals surface area contributed by atoms with Crippen LogP contribution in [0.2, 0.25) is 0 Å². The van der Waals surface area contributed by atoms with Crippen LogP contribution in [-0.4, -0.2) is 58.0 Å². The Hall–Kier alpha value is -7.02. The average Bonchev–Trinajstić information content (AvgIpc) is 1.21. The van der Waals surface area contributed by atoms with Gasteiger partial charge in [-0.1, -0.05) is 262 Å². The van der Waals surface area contributed by atoms with Crippen molar-refractivity contribution >= 4 is 215 Å². The van der Waals surface area contributed by atoms with Gasteiger partial charge in [-0.05, 0) is 67.7 Å². The molecule has 4 heteroatoms. The molecule has 14 aromatic carbocycles. The first-order chi connectivity index (χ1) is 51.1. The standard InChI is InChI=1S/C28H20.2C24H16Se2.12C2H6/c1-17-3-7-21-19(15-17)5-9-25-23(21)11-13-28-26-10-6-20-16-18(2)4-8-22(20)24(26)12-14-27(25)28;1-13-11-21-19-5-3-16-15(17(19)7-9-23(21)25-13)4-6-20-18(16)8-10-24-22(20)12-14(2)26-24;1-13-11-15-3-5-19-17-8-10-22-20(6-4-16-12-14(2)26-24(16)22)18(17)7-9-21(19)23(15)25-13;12*1-2/h3-16H,1-2H3;2*3-12H,1-2H3;12*1-2H3. The maximum Gasteiger partial charge on any atom is -0.00987 e. The monoisotopic (exact) mass is 1640 g/mol. The van der Waals surface area contributed by atoms with E-state index in [0.717, 1.165) is 0 Å². The fourth-order valence-electron chi connectivity index (χ4n) is 13.4. The molecule has 18 aromatic rings. The molecule has 0 nitrogen and oxygen atoms in total. The molecule has 0 saturated carbocycles. The molecule has 4 heterocycles. The molecule has 0 atom stereocenters. The summed E-state index contributed by atoms with van der Waals surface area (Å²) in [5.41, 5.74) is 2.61. The number of benzene rings is 14. The maximum absolute atomic E-state index is 2.40. The van der Waals surface area contributed by atoms with Gasteiger partial charge in [-0.25, -0.2) is 0 Å². The van der Waals surface area contributed by atoms with Gasteiger partial charge in [0.15, 0.2) is 0 Å². The molecule has 0 spiro atoms. The predicted molar refractivity (Wildman–Crippen MR) is 494 cm³/mol. The molecule has 0 radical (unpaired) electrons. The summed E-state index contributed by atoms with van der Waals surface area (Å²) >= 11 is 1.97. The quantitative estimate of drug-likeness (QED) is 0.105. The van der Waals surface area contributed by atoms with Crippen LogP contribution in [0.5, 0.6) is 0 Å². The van der Waals surface area contributed by atoms with Crippen molar-refractivity contribution in [2.75, 3.05) is 0 Å². The second-order valence-corrected chi connectivity index (χ2v) is 32.9. The number of hydrogen-bond donors (Lipinski definition) is 0. The van der Waals surface area contributed by atoms with Gasteiger partial charge in [0, 0.05) is 0 Å². The van der Waals surface area contributed by atoms with Crippen LogP contribution in [-0.2, 0) is 0 Å². The second kappa shape index (κ2) is 44.8. The van der Waals surface area contributed by atoms with E-state index in [2.05, 4.69) is 248 Å². The van der Waals surface area contributed by atoms with E-state index in [1.165, 1.54) is 177 Å². The van der Waals surface area contributed by atoms with Crippen LogP contribution >= 0.6 is 0 Å². The summed E-state index contributed by atoms with van der Waals surface area (Å²) in [6.07, 6.45) is 0. The topological polar surface area (TPSA) is 0 Å². The molecule has 104 heavy (non-hydrogen) atoms. The van der Waals surface area contributed by atoms with E-state index in [9.17, 15) is 0 Å². The van der Waals surface area contributed by atoms with Gasteiger partial charge in [-0.2, -0.15) is 0 Å². The van der Waals surface area contributed by atoms with E-state index in [0.29, 0.717) is 58.0 Å². The van der Waals surface area contributed by atoms with E-state index < -0.39 is 0 Å². The Labute approximate surface area is 652 Å². The normalized spacial score (nSPS) is 10.0. The summed E-state index contributed by atoms with van der Waals surface area (Å²) in [5, 5.41) is 35.9. The third-order valence-corrected chi connectivity index (χ3v) is 25.8. The molecule has 0 amide bonds. The third-order valence-electron chi connectivity index (χ3n) is 17.0. The first-order valence-corrected chi connectivity index (χ1v) is 46.4. The molecule has 548 valence electrons. The van der Waals surface area contributed by atoms with Crippen LogP contribution < -0.4 is 0 Å². The zero-order valence-electron chi connectivity index (χ0n) is 69.3. The zero-order chi connectivity index (χ0) is 77.7. The average molecular weight is 1640 g/mol. The predicted octanol–water partition coefficient (Wildman–Crippen LogP) is 32.8. The largest absolute Gasteiger partial charge is 0.0587 e. The van der Waals surface area contributed by atoms with Gasteiger partial charge in [-0.3, -0.25) is 0 Å². The third kappa shape index (κ3) is 18.8. The summed E-state index contributed by atoms with van der Waals surface area (Å²) in [7, 11) is 0. The van der Waals surface area contributed by atoms with Crippen molar-refractivity contribution in [1.29, 1.82) is 0 Å². The number of rotatable bonds is 0. The minimum atomic E-state index is 0.478. The van der Waals surface area contributed by atoms with Gasteiger partial charge < -0.3 is 0 Å². The molecule has 0 aliphatic carbocycles. The second-order valence-electron chi connectivity index (χ2n) is 22.2. The number of fused-ring (bicyclic) bond motifs is 27. The molecular formula is C100H124Se4. The Morgan fingerprint density at radius 3 is 0.596 bits per heavy atom. The Morgan fingerprint density at radius 2 is 0.327 bits per heavy atom.